The Morgan fingerprint density at radius 3 is 2.27 bits per heavy atom. The number of carbonyl (C=O) groups is 1. The summed E-state index contributed by atoms with van der Waals surface area (Å²) >= 11 is 0. The molecule has 26 heavy (non-hydrogen) atoms. The second-order valence-corrected chi connectivity index (χ2v) is 5.02. The number of hydrogen-bond donors (Lipinski definition) is 1. The highest BCUT2D eigenvalue weighted by Crippen LogP contribution is 2.26. The molecule has 2 aromatic carbocycles. The smallest absolute Gasteiger partial charge is 0.274 e. The molecule has 0 unspecified atom stereocenters. The molecule has 1 N–H and O–H groups in total. The molecule has 0 saturated carbocycles. The first-order valence-corrected chi connectivity index (χ1v) is 8.05. The molecule has 0 aliphatic rings. The molecule has 0 aliphatic carbocycles. The Kier molecular flexibility index (Phi) is 7.84. The van der Waals surface area contributed by atoms with Crippen molar-refractivity contribution < 1.29 is 23.8 Å². The summed E-state index contributed by atoms with van der Waals surface area (Å²) in [6.45, 7) is 2.79. The Hall–Kier alpha value is -3.17. The molecular weight excluding hydrogens is 334 g/mol. The van der Waals surface area contributed by atoms with E-state index < -0.39 is 0 Å². The van der Waals surface area contributed by atoms with Crippen LogP contribution < -0.4 is 19.7 Å². The number of benzene rings is 2. The number of carbonyl (C=O) groups excluding carboxylic acids is 1. The Bertz CT molecular complexity index is 762. The molecule has 6 heteroatoms. The second kappa shape index (κ2) is 10.6. The zero-order valence-corrected chi connectivity index (χ0v) is 14.8. The topological polar surface area (TPSA) is 66.0 Å². The molecule has 0 bridgehead atoms. The lowest BCUT2D eigenvalue weighted by Gasteiger charge is -2.12. The Labute approximate surface area is 153 Å². The van der Waals surface area contributed by atoms with Crippen LogP contribution >= 0.6 is 0 Å². The molecule has 0 heterocycles. The van der Waals surface area contributed by atoms with Crippen molar-refractivity contribution in [3.05, 3.63) is 54.1 Å². The second-order valence-electron chi connectivity index (χ2n) is 5.02. The van der Waals surface area contributed by atoms with Crippen molar-refractivity contribution in [3.63, 3.8) is 0 Å². The zero-order chi connectivity index (χ0) is 18.6. The molecule has 1 amide bonds. The lowest BCUT2D eigenvalue weighted by atomic mass is 10.2. The first kappa shape index (κ1) is 19.2. The van der Waals surface area contributed by atoms with Gasteiger partial charge in [0.25, 0.3) is 5.91 Å². The highest BCUT2D eigenvalue weighted by Gasteiger charge is 2.06. The van der Waals surface area contributed by atoms with Gasteiger partial charge in [0.15, 0.2) is 11.5 Å². The molecule has 0 aliphatic heterocycles. The van der Waals surface area contributed by atoms with Crippen LogP contribution in [0.2, 0.25) is 0 Å². The van der Waals surface area contributed by atoms with Crippen molar-refractivity contribution >= 4 is 5.91 Å². The van der Waals surface area contributed by atoms with Crippen molar-refractivity contribution in [2.24, 2.45) is 0 Å². The predicted octanol–water partition coefficient (Wildman–Crippen LogP) is 2.84. The Balaban J connectivity index is 1.80. The van der Waals surface area contributed by atoms with Crippen LogP contribution in [0.5, 0.6) is 17.2 Å². The molecule has 0 aromatic heterocycles. The average Bonchev–Trinajstić information content (AvgIpc) is 2.67. The SMILES string of the molecule is CC#CCOc1ccccc1OCCOc1ccc(C(=O)NOC)cc1. The van der Waals surface area contributed by atoms with Crippen molar-refractivity contribution in [2.45, 2.75) is 6.92 Å². The highest BCUT2D eigenvalue weighted by molar-refractivity contribution is 5.93. The van der Waals surface area contributed by atoms with Gasteiger partial charge in [-0.3, -0.25) is 9.63 Å². The number of ether oxygens (including phenoxy) is 3. The van der Waals surface area contributed by atoms with Gasteiger partial charge in [-0.15, -0.1) is 5.92 Å². The quantitative estimate of drug-likeness (QED) is 0.426. The standard InChI is InChI=1S/C20H21NO5/c1-3-4-13-25-18-7-5-6-8-19(18)26-15-14-24-17-11-9-16(10-12-17)20(22)21-23-2/h5-12H,13-15H2,1-2H3,(H,21,22). The fourth-order valence-electron chi connectivity index (χ4n) is 2.04. The third kappa shape index (κ3) is 6.04. The number of rotatable bonds is 9. The maximum Gasteiger partial charge on any atom is 0.274 e. The third-order valence-corrected chi connectivity index (χ3v) is 3.25. The van der Waals surface area contributed by atoms with E-state index >= 15 is 0 Å². The van der Waals surface area contributed by atoms with Gasteiger partial charge in [0.1, 0.15) is 25.6 Å². The number of hydrogen-bond acceptors (Lipinski definition) is 5. The lowest BCUT2D eigenvalue weighted by Crippen LogP contribution is -2.21. The molecule has 0 spiro atoms. The predicted molar refractivity (Wildman–Crippen MR) is 97.3 cm³/mol. The van der Waals surface area contributed by atoms with E-state index in [4.69, 9.17) is 14.2 Å². The summed E-state index contributed by atoms with van der Waals surface area (Å²) in [4.78, 5) is 16.2. The van der Waals surface area contributed by atoms with Gasteiger partial charge in [-0.1, -0.05) is 18.1 Å². The van der Waals surface area contributed by atoms with Gasteiger partial charge >= 0.3 is 0 Å². The molecule has 136 valence electrons. The van der Waals surface area contributed by atoms with E-state index in [1.807, 2.05) is 24.3 Å². The summed E-state index contributed by atoms with van der Waals surface area (Å²) in [5.74, 6) is 7.23. The molecular formula is C20H21NO5. The van der Waals surface area contributed by atoms with Crippen molar-refractivity contribution in [1.82, 2.24) is 5.48 Å². The molecule has 2 rings (SSSR count). The fraction of sp³-hybridized carbons (Fsp3) is 0.250. The van der Waals surface area contributed by atoms with Crippen LogP contribution in [0.15, 0.2) is 48.5 Å². The monoisotopic (exact) mass is 355 g/mol. The van der Waals surface area contributed by atoms with E-state index in [0.29, 0.717) is 42.6 Å². The van der Waals surface area contributed by atoms with E-state index in [1.54, 1.807) is 31.2 Å². The van der Waals surface area contributed by atoms with Gasteiger partial charge in [-0.05, 0) is 43.3 Å². The molecule has 0 fully saturated rings. The summed E-state index contributed by atoms with van der Waals surface area (Å²) in [7, 11) is 1.38. The Morgan fingerprint density at radius 2 is 1.62 bits per heavy atom. The Morgan fingerprint density at radius 1 is 0.962 bits per heavy atom. The van der Waals surface area contributed by atoms with Crippen LogP contribution in [0, 0.1) is 11.8 Å². The number of para-hydroxylation sites is 2. The first-order valence-electron chi connectivity index (χ1n) is 8.05. The van der Waals surface area contributed by atoms with Crippen molar-refractivity contribution in [3.8, 4) is 29.1 Å². The fourth-order valence-corrected chi connectivity index (χ4v) is 2.04. The molecule has 0 saturated heterocycles. The van der Waals surface area contributed by atoms with Gasteiger partial charge < -0.3 is 14.2 Å². The van der Waals surface area contributed by atoms with Gasteiger partial charge in [0.05, 0.1) is 7.11 Å². The summed E-state index contributed by atoms with van der Waals surface area (Å²) in [5.41, 5.74) is 2.74. The number of amides is 1. The average molecular weight is 355 g/mol. The molecule has 0 radical (unpaired) electrons. The normalized spacial score (nSPS) is 9.62. The van der Waals surface area contributed by atoms with Gasteiger partial charge in [-0.25, -0.2) is 5.48 Å². The summed E-state index contributed by atoms with van der Waals surface area (Å²) in [5, 5.41) is 0. The van der Waals surface area contributed by atoms with E-state index in [1.165, 1.54) is 7.11 Å². The largest absolute Gasteiger partial charge is 0.490 e. The van der Waals surface area contributed by atoms with E-state index in [-0.39, 0.29) is 5.91 Å². The zero-order valence-electron chi connectivity index (χ0n) is 14.8. The van der Waals surface area contributed by atoms with E-state index in [0.717, 1.165) is 0 Å². The summed E-state index contributed by atoms with van der Waals surface area (Å²) < 4.78 is 16.9. The highest BCUT2D eigenvalue weighted by atomic mass is 16.6. The minimum absolute atomic E-state index is 0.313. The van der Waals surface area contributed by atoms with Crippen LogP contribution in [0.3, 0.4) is 0 Å². The van der Waals surface area contributed by atoms with E-state index in [9.17, 15) is 4.79 Å². The van der Waals surface area contributed by atoms with Crippen LogP contribution in [0.1, 0.15) is 17.3 Å². The summed E-state index contributed by atoms with van der Waals surface area (Å²) in [6.07, 6.45) is 0. The number of hydroxylamine groups is 1. The maximum absolute atomic E-state index is 11.6. The van der Waals surface area contributed by atoms with Crippen molar-refractivity contribution in [1.29, 1.82) is 0 Å². The van der Waals surface area contributed by atoms with Gasteiger partial charge in [0.2, 0.25) is 0 Å². The van der Waals surface area contributed by atoms with Crippen molar-refractivity contribution in [2.75, 3.05) is 26.9 Å². The molecule has 0 atom stereocenters. The van der Waals surface area contributed by atoms with Crippen LogP contribution in [0.4, 0.5) is 0 Å². The molecule has 6 nitrogen and oxygen atoms in total. The number of nitrogens with one attached hydrogen (secondary N) is 1. The van der Waals surface area contributed by atoms with Gasteiger partial charge in [0, 0.05) is 5.56 Å². The third-order valence-electron chi connectivity index (χ3n) is 3.25. The van der Waals surface area contributed by atoms with Crippen LogP contribution in [0.25, 0.3) is 0 Å². The maximum atomic E-state index is 11.6. The van der Waals surface area contributed by atoms with Gasteiger partial charge in [-0.2, -0.15) is 0 Å². The van der Waals surface area contributed by atoms with Crippen LogP contribution in [-0.2, 0) is 4.84 Å². The first-order chi connectivity index (χ1) is 12.7. The minimum Gasteiger partial charge on any atom is -0.490 e. The van der Waals surface area contributed by atoms with Crippen LogP contribution in [-0.4, -0.2) is 32.8 Å². The van der Waals surface area contributed by atoms with E-state index in [2.05, 4.69) is 22.2 Å². The minimum atomic E-state index is -0.313. The summed E-state index contributed by atoms with van der Waals surface area (Å²) in [6, 6.07) is 14.1. The lowest BCUT2D eigenvalue weighted by molar-refractivity contribution is 0.0537. The molecule has 2 aromatic rings.